The zero-order valence-corrected chi connectivity index (χ0v) is 24.5. The molecular formula is C31H18BrIN4O3. The molecule has 9 heteroatoms. The zero-order chi connectivity index (χ0) is 27.6. The van der Waals surface area contributed by atoms with Crippen molar-refractivity contribution in [3.05, 3.63) is 126 Å². The monoisotopic (exact) mass is 700 g/mol. The smallest absolute Gasteiger partial charge is 0.282 e. The molecule has 6 aromatic rings. The first-order chi connectivity index (χ1) is 19.5. The number of para-hydroxylation sites is 1. The Kier molecular flexibility index (Phi) is 7.19. The topological polar surface area (TPSA) is 93.4 Å². The van der Waals surface area contributed by atoms with Gasteiger partial charge in [0.15, 0.2) is 5.76 Å². The molecule has 2 heterocycles. The summed E-state index contributed by atoms with van der Waals surface area (Å²) in [7, 11) is 0. The molecule has 0 atom stereocenters. The lowest BCUT2D eigenvalue weighted by Crippen LogP contribution is -2.20. The Labute approximate surface area is 250 Å². The van der Waals surface area contributed by atoms with Crippen molar-refractivity contribution in [1.82, 2.24) is 9.66 Å². The fraction of sp³-hybridized carbons (Fsp3) is 0.0323. The van der Waals surface area contributed by atoms with Gasteiger partial charge in [-0.05, 0) is 88.8 Å². The van der Waals surface area contributed by atoms with Crippen molar-refractivity contribution in [1.29, 1.82) is 5.26 Å². The molecule has 194 valence electrons. The van der Waals surface area contributed by atoms with Crippen molar-refractivity contribution in [2.45, 2.75) is 6.61 Å². The predicted molar refractivity (Wildman–Crippen MR) is 167 cm³/mol. The number of fused-ring (bicyclic) bond motifs is 2. The van der Waals surface area contributed by atoms with E-state index in [1.54, 1.807) is 30.5 Å². The predicted octanol–water partition coefficient (Wildman–Crippen LogP) is 7.51. The first-order valence-corrected chi connectivity index (χ1v) is 14.0. The van der Waals surface area contributed by atoms with Gasteiger partial charge in [0.2, 0.25) is 5.82 Å². The van der Waals surface area contributed by atoms with Crippen molar-refractivity contribution in [2.24, 2.45) is 5.10 Å². The molecule has 0 saturated heterocycles. The van der Waals surface area contributed by atoms with Crippen molar-refractivity contribution < 1.29 is 9.15 Å². The van der Waals surface area contributed by atoms with E-state index in [1.165, 1.54) is 4.68 Å². The SMILES string of the molecule is N#Cc1ccccc1COc1ccc(C=Nn2c(-c3cc4cc(Br)ccc4o3)nc3ccccc3c2=O)cc1I. The van der Waals surface area contributed by atoms with Gasteiger partial charge in [0.05, 0.1) is 32.3 Å². The Bertz CT molecular complexity index is 2040. The van der Waals surface area contributed by atoms with Gasteiger partial charge in [-0.3, -0.25) is 4.79 Å². The van der Waals surface area contributed by atoms with Crippen LogP contribution in [0.2, 0.25) is 0 Å². The summed E-state index contributed by atoms with van der Waals surface area (Å²) >= 11 is 5.68. The molecular weight excluding hydrogens is 683 g/mol. The molecule has 0 aliphatic rings. The van der Waals surface area contributed by atoms with E-state index in [4.69, 9.17) is 14.1 Å². The van der Waals surface area contributed by atoms with Crippen LogP contribution in [0.15, 0.2) is 110 Å². The number of furan rings is 1. The second kappa shape index (κ2) is 11.1. The summed E-state index contributed by atoms with van der Waals surface area (Å²) < 4.78 is 15.1. The lowest BCUT2D eigenvalue weighted by Gasteiger charge is -2.10. The van der Waals surface area contributed by atoms with Gasteiger partial charge in [-0.1, -0.05) is 46.3 Å². The number of ether oxygens (including phenoxy) is 1. The van der Waals surface area contributed by atoms with Crippen molar-refractivity contribution >= 4 is 66.6 Å². The lowest BCUT2D eigenvalue weighted by molar-refractivity contribution is 0.303. The summed E-state index contributed by atoms with van der Waals surface area (Å²) in [5.74, 6) is 1.42. The maximum Gasteiger partial charge on any atom is 0.282 e. The Morgan fingerprint density at radius 3 is 2.73 bits per heavy atom. The highest BCUT2D eigenvalue weighted by molar-refractivity contribution is 14.1. The molecule has 0 aliphatic heterocycles. The van der Waals surface area contributed by atoms with E-state index in [-0.39, 0.29) is 12.2 Å². The minimum atomic E-state index is -0.302. The molecule has 4 aromatic carbocycles. The number of hydrogen-bond acceptors (Lipinski definition) is 6. The Morgan fingerprint density at radius 1 is 1.05 bits per heavy atom. The second-order valence-corrected chi connectivity index (χ2v) is 10.9. The minimum Gasteiger partial charge on any atom is -0.488 e. The second-order valence-electron chi connectivity index (χ2n) is 8.85. The van der Waals surface area contributed by atoms with Crippen LogP contribution in [0.25, 0.3) is 33.5 Å². The Hall–Kier alpha value is -4.27. The standard InChI is InChI=1S/C31H18BrIN4O3/c32-23-10-12-27-22(14-23)15-29(40-27)30-36-26-8-4-3-7-24(26)31(38)37(30)35-17-19-9-11-28(25(33)13-19)39-18-21-6-2-1-5-20(21)16-34/h1-15,17H,18H2. The van der Waals surface area contributed by atoms with Gasteiger partial charge in [-0.2, -0.15) is 15.0 Å². The Balaban J connectivity index is 1.35. The quantitative estimate of drug-likeness (QED) is 0.132. The molecule has 0 spiro atoms. The highest BCUT2D eigenvalue weighted by atomic mass is 127. The molecule has 0 aliphatic carbocycles. The largest absolute Gasteiger partial charge is 0.488 e. The van der Waals surface area contributed by atoms with Gasteiger partial charge >= 0.3 is 0 Å². The van der Waals surface area contributed by atoms with Crippen molar-refractivity contribution in [3.63, 3.8) is 0 Å². The third-order valence-corrected chi connectivity index (χ3v) is 7.59. The van der Waals surface area contributed by atoms with Crippen LogP contribution in [0.1, 0.15) is 16.7 Å². The van der Waals surface area contributed by atoms with Crippen LogP contribution in [0.3, 0.4) is 0 Å². The van der Waals surface area contributed by atoms with Crippen molar-refractivity contribution in [3.8, 4) is 23.4 Å². The maximum atomic E-state index is 13.5. The third kappa shape index (κ3) is 5.15. The molecule has 0 amide bonds. The van der Waals surface area contributed by atoms with E-state index in [0.29, 0.717) is 39.4 Å². The van der Waals surface area contributed by atoms with Gasteiger partial charge in [-0.25, -0.2) is 4.98 Å². The fourth-order valence-corrected chi connectivity index (χ4v) is 5.34. The van der Waals surface area contributed by atoms with Gasteiger partial charge in [-0.15, -0.1) is 0 Å². The highest BCUT2D eigenvalue weighted by Gasteiger charge is 2.16. The molecule has 0 bridgehead atoms. The number of rotatable bonds is 6. The fourth-order valence-electron chi connectivity index (χ4n) is 4.26. The van der Waals surface area contributed by atoms with Crippen LogP contribution < -0.4 is 10.3 Å². The average Bonchev–Trinajstić information content (AvgIpc) is 3.39. The van der Waals surface area contributed by atoms with Crippen LogP contribution in [-0.4, -0.2) is 15.9 Å². The number of nitriles is 1. The lowest BCUT2D eigenvalue weighted by atomic mass is 10.1. The summed E-state index contributed by atoms with van der Waals surface area (Å²) in [6, 6.07) is 29.9. The Morgan fingerprint density at radius 2 is 1.88 bits per heavy atom. The number of aromatic nitrogens is 2. The van der Waals surface area contributed by atoms with E-state index in [0.717, 1.165) is 24.6 Å². The van der Waals surface area contributed by atoms with Gasteiger partial charge in [0.1, 0.15) is 17.9 Å². The molecule has 0 saturated carbocycles. The normalized spacial score (nSPS) is 11.3. The van der Waals surface area contributed by atoms with Crippen LogP contribution in [-0.2, 0) is 6.61 Å². The van der Waals surface area contributed by atoms with Gasteiger partial charge in [0, 0.05) is 15.4 Å². The van der Waals surface area contributed by atoms with Crippen LogP contribution in [0, 0.1) is 14.9 Å². The van der Waals surface area contributed by atoms with E-state index in [1.807, 2.05) is 66.7 Å². The molecule has 6 rings (SSSR count). The van der Waals surface area contributed by atoms with E-state index in [9.17, 15) is 10.1 Å². The molecule has 0 unspecified atom stereocenters. The van der Waals surface area contributed by atoms with Crippen LogP contribution in [0.5, 0.6) is 5.75 Å². The molecule has 40 heavy (non-hydrogen) atoms. The molecule has 7 nitrogen and oxygen atoms in total. The first kappa shape index (κ1) is 26.0. The molecule has 2 aromatic heterocycles. The van der Waals surface area contributed by atoms with Gasteiger partial charge in [0.25, 0.3) is 5.56 Å². The summed E-state index contributed by atoms with van der Waals surface area (Å²) in [6.07, 6.45) is 1.61. The maximum absolute atomic E-state index is 13.5. The van der Waals surface area contributed by atoms with Crippen LogP contribution >= 0.6 is 38.5 Å². The van der Waals surface area contributed by atoms with E-state index >= 15 is 0 Å². The van der Waals surface area contributed by atoms with Gasteiger partial charge < -0.3 is 9.15 Å². The molecule has 0 N–H and O–H groups in total. The third-order valence-electron chi connectivity index (χ3n) is 6.25. The summed E-state index contributed by atoms with van der Waals surface area (Å²) in [5, 5.41) is 15.2. The summed E-state index contributed by atoms with van der Waals surface area (Å²) in [5.41, 5.74) is 3.12. The number of halogens is 2. The van der Waals surface area contributed by atoms with E-state index in [2.05, 4.69) is 49.7 Å². The van der Waals surface area contributed by atoms with Crippen LogP contribution in [0.4, 0.5) is 0 Å². The zero-order valence-electron chi connectivity index (χ0n) is 20.7. The molecule has 0 radical (unpaired) electrons. The average molecular weight is 701 g/mol. The highest BCUT2D eigenvalue weighted by Crippen LogP contribution is 2.29. The number of benzene rings is 4. The van der Waals surface area contributed by atoms with E-state index < -0.39 is 0 Å². The van der Waals surface area contributed by atoms with Crippen molar-refractivity contribution in [2.75, 3.05) is 0 Å². The first-order valence-electron chi connectivity index (χ1n) is 12.2. The minimum absolute atomic E-state index is 0.281. The summed E-state index contributed by atoms with van der Waals surface area (Å²) in [6.45, 7) is 0.281. The molecule has 0 fully saturated rings. The number of hydrogen-bond donors (Lipinski definition) is 0. The number of nitrogens with zero attached hydrogens (tertiary/aromatic N) is 4. The summed E-state index contributed by atoms with van der Waals surface area (Å²) in [4.78, 5) is 18.3.